The molecule has 0 aromatic heterocycles. The molecule has 1 rings (SSSR count). The molecule has 1 atom stereocenters. The van der Waals surface area contributed by atoms with Crippen LogP contribution in [0.3, 0.4) is 0 Å². The molecule has 1 unspecified atom stereocenters. The Kier molecular flexibility index (Phi) is 5.36. The molecule has 0 heterocycles. The van der Waals surface area contributed by atoms with Gasteiger partial charge in [0.05, 0.1) is 6.04 Å². The molecule has 0 aliphatic carbocycles. The van der Waals surface area contributed by atoms with Crippen molar-refractivity contribution in [2.24, 2.45) is 0 Å². The van der Waals surface area contributed by atoms with Crippen LogP contribution >= 0.6 is 0 Å². The molecule has 1 aromatic rings. The van der Waals surface area contributed by atoms with Gasteiger partial charge in [0.15, 0.2) is 5.78 Å². The van der Waals surface area contributed by atoms with Crippen LogP contribution in [-0.4, -0.2) is 18.4 Å². The van der Waals surface area contributed by atoms with Crippen LogP contribution in [0.15, 0.2) is 24.3 Å². The predicted octanol–water partition coefficient (Wildman–Crippen LogP) is 3.38. The quantitative estimate of drug-likeness (QED) is 0.763. The van der Waals surface area contributed by atoms with Gasteiger partial charge in [0.25, 0.3) is 0 Å². The molecule has 1 aromatic carbocycles. The summed E-state index contributed by atoms with van der Waals surface area (Å²) in [5, 5.41) is 3.22. The van der Waals surface area contributed by atoms with Gasteiger partial charge < -0.3 is 5.32 Å². The molecular formula is C15H23NO. The summed E-state index contributed by atoms with van der Waals surface area (Å²) in [4.78, 5) is 12.2. The minimum atomic E-state index is -0.0510. The van der Waals surface area contributed by atoms with Crippen LogP contribution in [0.5, 0.6) is 0 Å². The number of benzene rings is 1. The van der Waals surface area contributed by atoms with Crippen LogP contribution in [0.1, 0.15) is 56.0 Å². The van der Waals surface area contributed by atoms with Crippen molar-refractivity contribution in [2.75, 3.05) is 6.54 Å². The minimum Gasteiger partial charge on any atom is -0.307 e. The van der Waals surface area contributed by atoms with Gasteiger partial charge in [-0.15, -0.1) is 0 Å². The van der Waals surface area contributed by atoms with Crippen LogP contribution in [0.2, 0.25) is 0 Å². The van der Waals surface area contributed by atoms with E-state index in [1.54, 1.807) is 0 Å². The van der Waals surface area contributed by atoms with Gasteiger partial charge in [-0.25, -0.2) is 0 Å². The summed E-state index contributed by atoms with van der Waals surface area (Å²) in [7, 11) is 0. The summed E-state index contributed by atoms with van der Waals surface area (Å²) in [5.41, 5.74) is 2.08. The van der Waals surface area contributed by atoms with Crippen molar-refractivity contribution in [2.45, 2.75) is 46.1 Å². The monoisotopic (exact) mass is 233 g/mol. The first-order valence-electron chi connectivity index (χ1n) is 6.47. The summed E-state index contributed by atoms with van der Waals surface area (Å²) < 4.78 is 0. The third-order valence-electron chi connectivity index (χ3n) is 3.04. The zero-order valence-electron chi connectivity index (χ0n) is 11.3. The molecule has 0 bridgehead atoms. The van der Waals surface area contributed by atoms with E-state index in [9.17, 15) is 4.79 Å². The number of carbonyl (C=O) groups is 1. The van der Waals surface area contributed by atoms with E-state index in [1.807, 2.05) is 26.0 Å². The maximum absolute atomic E-state index is 12.2. The van der Waals surface area contributed by atoms with Gasteiger partial charge in [-0.1, -0.05) is 52.0 Å². The standard InChI is InChI=1S/C15H23NO/c1-5-14(16-6-2)15(17)13-9-7-12(8-10-13)11(3)4/h7-11,14,16H,5-6H2,1-4H3. The molecular weight excluding hydrogens is 210 g/mol. The van der Waals surface area contributed by atoms with Gasteiger partial charge in [0, 0.05) is 5.56 Å². The van der Waals surface area contributed by atoms with Gasteiger partial charge >= 0.3 is 0 Å². The van der Waals surface area contributed by atoms with Crippen molar-refractivity contribution >= 4 is 5.78 Å². The Morgan fingerprint density at radius 3 is 2.18 bits per heavy atom. The van der Waals surface area contributed by atoms with Crippen molar-refractivity contribution in [3.05, 3.63) is 35.4 Å². The number of nitrogens with one attached hydrogen (secondary N) is 1. The van der Waals surface area contributed by atoms with E-state index in [0.717, 1.165) is 18.5 Å². The van der Waals surface area contributed by atoms with E-state index in [4.69, 9.17) is 0 Å². The van der Waals surface area contributed by atoms with E-state index < -0.39 is 0 Å². The smallest absolute Gasteiger partial charge is 0.179 e. The molecule has 2 heteroatoms. The SMILES string of the molecule is CCNC(CC)C(=O)c1ccc(C(C)C)cc1. The molecule has 0 radical (unpaired) electrons. The van der Waals surface area contributed by atoms with E-state index in [1.165, 1.54) is 5.56 Å². The first-order valence-corrected chi connectivity index (χ1v) is 6.47. The fraction of sp³-hybridized carbons (Fsp3) is 0.533. The van der Waals surface area contributed by atoms with Gasteiger partial charge in [0.1, 0.15) is 0 Å². The number of rotatable bonds is 6. The van der Waals surface area contributed by atoms with Crippen LogP contribution < -0.4 is 5.32 Å². The Morgan fingerprint density at radius 2 is 1.76 bits per heavy atom. The molecule has 0 saturated heterocycles. The molecule has 0 aliphatic heterocycles. The number of hydrogen-bond acceptors (Lipinski definition) is 2. The van der Waals surface area contributed by atoms with Gasteiger partial charge in [-0.2, -0.15) is 0 Å². The Bertz CT molecular complexity index is 354. The third-order valence-corrected chi connectivity index (χ3v) is 3.04. The number of hydrogen-bond donors (Lipinski definition) is 1. The molecule has 94 valence electrons. The normalized spacial score (nSPS) is 12.8. The summed E-state index contributed by atoms with van der Waals surface area (Å²) >= 11 is 0. The molecule has 1 N–H and O–H groups in total. The summed E-state index contributed by atoms with van der Waals surface area (Å²) in [5.74, 6) is 0.708. The van der Waals surface area contributed by atoms with Crippen LogP contribution in [0.4, 0.5) is 0 Å². The minimum absolute atomic E-state index is 0.0510. The van der Waals surface area contributed by atoms with E-state index in [-0.39, 0.29) is 11.8 Å². The molecule has 0 aliphatic rings. The Balaban J connectivity index is 2.81. The highest BCUT2D eigenvalue weighted by molar-refractivity contribution is 6.00. The highest BCUT2D eigenvalue weighted by Gasteiger charge is 2.16. The molecule has 0 spiro atoms. The first kappa shape index (κ1) is 13.9. The molecule has 0 fully saturated rings. The maximum Gasteiger partial charge on any atom is 0.179 e. The Hall–Kier alpha value is -1.15. The number of ketones is 1. The van der Waals surface area contributed by atoms with Crippen molar-refractivity contribution in [3.63, 3.8) is 0 Å². The van der Waals surface area contributed by atoms with Crippen LogP contribution in [0, 0.1) is 0 Å². The van der Waals surface area contributed by atoms with Gasteiger partial charge in [-0.05, 0) is 24.4 Å². The average Bonchev–Trinajstić information content (AvgIpc) is 2.35. The molecule has 2 nitrogen and oxygen atoms in total. The van der Waals surface area contributed by atoms with Gasteiger partial charge in [-0.3, -0.25) is 4.79 Å². The number of Topliss-reactive ketones (excluding diaryl/α,β-unsaturated/α-hetero) is 1. The molecule has 17 heavy (non-hydrogen) atoms. The Labute approximate surface area is 104 Å². The number of carbonyl (C=O) groups excluding carboxylic acids is 1. The largest absolute Gasteiger partial charge is 0.307 e. The second kappa shape index (κ2) is 6.55. The molecule has 0 saturated carbocycles. The Morgan fingerprint density at radius 1 is 1.18 bits per heavy atom. The highest BCUT2D eigenvalue weighted by Crippen LogP contribution is 2.16. The van der Waals surface area contributed by atoms with Crippen LogP contribution in [0.25, 0.3) is 0 Å². The topological polar surface area (TPSA) is 29.1 Å². The molecule has 0 amide bonds. The second-order valence-corrected chi connectivity index (χ2v) is 4.66. The van der Waals surface area contributed by atoms with Crippen molar-refractivity contribution in [1.29, 1.82) is 0 Å². The average molecular weight is 233 g/mol. The fourth-order valence-electron chi connectivity index (χ4n) is 1.90. The fourth-order valence-corrected chi connectivity index (χ4v) is 1.90. The zero-order chi connectivity index (χ0) is 12.8. The third kappa shape index (κ3) is 3.67. The van der Waals surface area contributed by atoms with E-state index in [2.05, 4.69) is 31.3 Å². The number of likely N-dealkylation sites (N-methyl/N-ethyl adjacent to an activating group) is 1. The second-order valence-electron chi connectivity index (χ2n) is 4.66. The van der Waals surface area contributed by atoms with Crippen LogP contribution in [-0.2, 0) is 0 Å². The summed E-state index contributed by atoms with van der Waals surface area (Å²) in [6.45, 7) is 9.20. The van der Waals surface area contributed by atoms with Crippen molar-refractivity contribution in [3.8, 4) is 0 Å². The summed E-state index contributed by atoms with van der Waals surface area (Å²) in [6.07, 6.45) is 0.832. The maximum atomic E-state index is 12.2. The van der Waals surface area contributed by atoms with Crippen molar-refractivity contribution < 1.29 is 4.79 Å². The first-order chi connectivity index (χ1) is 8.10. The van der Waals surface area contributed by atoms with Crippen molar-refractivity contribution in [1.82, 2.24) is 5.32 Å². The summed E-state index contributed by atoms with van der Waals surface area (Å²) in [6, 6.07) is 7.94. The highest BCUT2D eigenvalue weighted by atomic mass is 16.1. The lowest BCUT2D eigenvalue weighted by Gasteiger charge is -2.15. The zero-order valence-corrected chi connectivity index (χ0v) is 11.3. The lowest BCUT2D eigenvalue weighted by molar-refractivity contribution is 0.0941. The van der Waals surface area contributed by atoms with E-state index in [0.29, 0.717) is 5.92 Å². The lowest BCUT2D eigenvalue weighted by Crippen LogP contribution is -2.36. The lowest BCUT2D eigenvalue weighted by atomic mass is 9.97. The van der Waals surface area contributed by atoms with E-state index >= 15 is 0 Å². The van der Waals surface area contributed by atoms with Gasteiger partial charge in [0.2, 0.25) is 0 Å². The predicted molar refractivity (Wildman–Crippen MR) is 72.6 cm³/mol.